The fourth-order valence-corrected chi connectivity index (χ4v) is 7.27. The summed E-state index contributed by atoms with van der Waals surface area (Å²) in [4.78, 5) is 51.0. The van der Waals surface area contributed by atoms with Crippen LogP contribution in [0.1, 0.15) is 35.5 Å². The minimum Gasteiger partial charge on any atom is -0.481 e. The summed E-state index contributed by atoms with van der Waals surface area (Å²) in [5, 5.41) is 14.6. The zero-order chi connectivity index (χ0) is 32.0. The Morgan fingerprint density at radius 2 is 2.00 bits per heavy atom. The van der Waals surface area contributed by atoms with Crippen molar-refractivity contribution < 1.29 is 37.4 Å². The average molecular weight is 647 g/mol. The Bertz CT molecular complexity index is 1560. The topological polar surface area (TPSA) is 128 Å². The van der Waals surface area contributed by atoms with Gasteiger partial charge in [-0.15, -0.1) is 11.3 Å². The quantitative estimate of drug-likeness (QED) is 0.395. The molecule has 4 aliphatic heterocycles. The molecule has 6 rings (SSSR count). The van der Waals surface area contributed by atoms with Gasteiger partial charge in [-0.05, 0) is 37.5 Å². The Morgan fingerprint density at radius 1 is 1.22 bits per heavy atom. The molecule has 3 fully saturated rings. The minimum absolute atomic E-state index is 0.0627. The lowest BCUT2D eigenvalue weighted by atomic mass is 9.92. The van der Waals surface area contributed by atoms with Crippen LogP contribution in [0.15, 0.2) is 46.0 Å². The molecule has 240 valence electrons. The molecule has 0 saturated carbocycles. The molecule has 3 unspecified atom stereocenters. The molecule has 0 aliphatic carbocycles. The van der Waals surface area contributed by atoms with Crippen molar-refractivity contribution in [2.75, 3.05) is 45.9 Å². The van der Waals surface area contributed by atoms with Gasteiger partial charge in [0.25, 0.3) is 5.92 Å². The summed E-state index contributed by atoms with van der Waals surface area (Å²) in [6, 6.07) is 1.69. The Hall–Kier alpha value is -3.82. The number of amidine groups is 1. The van der Waals surface area contributed by atoms with Crippen LogP contribution in [0, 0.1) is 18.7 Å². The third-order valence-electron chi connectivity index (χ3n) is 8.93. The van der Waals surface area contributed by atoms with E-state index < -0.39 is 54.3 Å². The second-order valence-electron chi connectivity index (χ2n) is 11.7. The van der Waals surface area contributed by atoms with Gasteiger partial charge in [-0.25, -0.2) is 22.9 Å². The molecule has 11 nitrogen and oxygen atoms in total. The maximum Gasteiger partial charge on any atom is 0.338 e. The summed E-state index contributed by atoms with van der Waals surface area (Å²) in [5.41, 5.74) is 1.16. The number of carboxylic acid groups (broad SMARTS) is 1. The van der Waals surface area contributed by atoms with Gasteiger partial charge in [0.15, 0.2) is 10.8 Å². The number of carbonyl (C=O) groups is 3. The molecule has 0 bridgehead atoms. The van der Waals surface area contributed by atoms with E-state index in [0.29, 0.717) is 34.1 Å². The van der Waals surface area contributed by atoms with E-state index in [2.05, 4.69) is 10.3 Å². The number of nitrogens with zero attached hydrogens (tertiary/aromatic N) is 5. The lowest BCUT2D eigenvalue weighted by molar-refractivity contribution is -0.153. The van der Waals surface area contributed by atoms with E-state index in [1.165, 1.54) is 33.3 Å². The number of rotatable bonds is 9. The van der Waals surface area contributed by atoms with Crippen molar-refractivity contribution in [2.45, 2.75) is 44.3 Å². The molecule has 45 heavy (non-hydrogen) atoms. The Balaban J connectivity index is 1.30. The number of nitrogens with one attached hydrogen (secondary N) is 1. The maximum atomic E-state index is 15.7. The zero-order valence-corrected chi connectivity index (χ0v) is 25.5. The SMILES string of the molecule is CCOC(=O)C1=C(CN2CC(F)(F)C3C2CCN3CC(=O)N2CC(C(=O)O)C2)NC(c2nccs2)=NC1c1cccc(F)c1C. The molecule has 0 radical (unpaired) electrons. The van der Waals surface area contributed by atoms with Crippen LogP contribution in [-0.2, 0) is 19.1 Å². The summed E-state index contributed by atoms with van der Waals surface area (Å²) in [5.74, 6) is -5.98. The summed E-state index contributed by atoms with van der Waals surface area (Å²) < 4.78 is 51.5. The van der Waals surface area contributed by atoms with Crippen molar-refractivity contribution in [1.82, 2.24) is 25.0 Å². The van der Waals surface area contributed by atoms with Gasteiger partial charge in [0.1, 0.15) is 11.9 Å². The molecule has 2 aromatic rings. The maximum absolute atomic E-state index is 15.7. The van der Waals surface area contributed by atoms with E-state index >= 15 is 8.78 Å². The van der Waals surface area contributed by atoms with Gasteiger partial charge in [-0.2, -0.15) is 0 Å². The van der Waals surface area contributed by atoms with E-state index in [4.69, 9.17) is 14.8 Å². The van der Waals surface area contributed by atoms with Crippen LogP contribution >= 0.6 is 11.3 Å². The van der Waals surface area contributed by atoms with Crippen LogP contribution in [0.5, 0.6) is 0 Å². The number of alkyl halides is 2. The molecule has 4 aliphatic rings. The first-order valence-electron chi connectivity index (χ1n) is 14.7. The molecule has 15 heteroatoms. The Labute approximate surface area is 261 Å². The highest BCUT2D eigenvalue weighted by Gasteiger charge is 2.60. The highest BCUT2D eigenvalue weighted by molar-refractivity contribution is 7.11. The highest BCUT2D eigenvalue weighted by atomic mass is 32.1. The van der Waals surface area contributed by atoms with E-state index in [1.807, 2.05) is 0 Å². The number of halogens is 3. The van der Waals surface area contributed by atoms with Gasteiger partial charge < -0.3 is 20.1 Å². The number of likely N-dealkylation sites (tertiary alicyclic amines) is 3. The van der Waals surface area contributed by atoms with E-state index in [0.717, 1.165) is 0 Å². The Morgan fingerprint density at radius 3 is 2.69 bits per heavy atom. The summed E-state index contributed by atoms with van der Waals surface area (Å²) in [6.45, 7) is 2.81. The van der Waals surface area contributed by atoms with Gasteiger partial charge >= 0.3 is 11.9 Å². The second kappa shape index (κ2) is 12.2. The number of fused-ring (bicyclic) bond motifs is 1. The summed E-state index contributed by atoms with van der Waals surface area (Å²) in [7, 11) is 0. The lowest BCUT2D eigenvalue weighted by Gasteiger charge is -2.38. The van der Waals surface area contributed by atoms with E-state index in [-0.39, 0.29) is 50.8 Å². The van der Waals surface area contributed by atoms with Crippen LogP contribution in [-0.4, -0.2) is 112 Å². The largest absolute Gasteiger partial charge is 0.481 e. The standard InChI is InChI=1S/C30H33F3N6O5S/c1-3-44-29(43)23-20(35-26(27-34-8-10-45-27)36-24(23)18-5-4-6-19(31)16(18)2)13-39-15-30(32,33)25-21(39)7-9-37(25)14-22(40)38-11-17(12-38)28(41)42/h4-6,8,10,17,21,24-25H,3,7,9,11-15H2,1-2H3,(H,35,36)(H,41,42). The molecule has 3 saturated heterocycles. The number of ether oxygens (including phenoxy) is 1. The number of amides is 1. The number of hydrogen-bond donors (Lipinski definition) is 2. The van der Waals surface area contributed by atoms with Crippen LogP contribution in [0.4, 0.5) is 13.2 Å². The molecular weight excluding hydrogens is 613 g/mol. The number of hydrogen-bond acceptors (Lipinski definition) is 10. The normalized spacial score (nSPS) is 25.0. The van der Waals surface area contributed by atoms with Gasteiger partial charge in [-0.1, -0.05) is 12.1 Å². The van der Waals surface area contributed by atoms with E-state index in [9.17, 15) is 18.8 Å². The number of aromatic nitrogens is 1. The second-order valence-corrected chi connectivity index (χ2v) is 12.6. The first-order chi connectivity index (χ1) is 21.5. The number of carboxylic acids is 1. The predicted octanol–water partition coefficient (Wildman–Crippen LogP) is 2.44. The monoisotopic (exact) mass is 646 g/mol. The molecule has 0 spiro atoms. The van der Waals surface area contributed by atoms with Crippen LogP contribution in [0.3, 0.4) is 0 Å². The third-order valence-corrected chi connectivity index (χ3v) is 9.71. The van der Waals surface area contributed by atoms with Crippen LogP contribution < -0.4 is 5.32 Å². The van der Waals surface area contributed by atoms with Crippen LogP contribution in [0.25, 0.3) is 0 Å². The van der Waals surface area contributed by atoms with Crippen molar-refractivity contribution in [3.8, 4) is 0 Å². The lowest BCUT2D eigenvalue weighted by Crippen LogP contribution is -2.57. The van der Waals surface area contributed by atoms with Crippen molar-refractivity contribution in [2.24, 2.45) is 10.9 Å². The van der Waals surface area contributed by atoms with Crippen molar-refractivity contribution >= 4 is 35.0 Å². The molecule has 5 heterocycles. The fraction of sp³-hybridized carbons (Fsp3) is 0.500. The first kappa shape index (κ1) is 31.2. The minimum atomic E-state index is -3.16. The molecular formula is C30H33F3N6O5S. The van der Waals surface area contributed by atoms with Crippen molar-refractivity contribution in [1.29, 1.82) is 0 Å². The molecule has 1 aromatic carbocycles. The number of benzene rings is 1. The predicted molar refractivity (Wildman–Crippen MR) is 157 cm³/mol. The van der Waals surface area contributed by atoms with Gasteiger partial charge in [0.05, 0.1) is 37.2 Å². The number of aliphatic carboxylic acids is 1. The third kappa shape index (κ3) is 5.84. The zero-order valence-electron chi connectivity index (χ0n) is 24.7. The first-order valence-corrected chi connectivity index (χ1v) is 15.6. The Kier molecular flexibility index (Phi) is 8.43. The van der Waals surface area contributed by atoms with Gasteiger partial charge in [-0.3, -0.25) is 24.4 Å². The average Bonchev–Trinajstić information content (AvgIpc) is 3.68. The number of esters is 1. The summed E-state index contributed by atoms with van der Waals surface area (Å²) in [6.07, 6.45) is 1.96. The van der Waals surface area contributed by atoms with E-state index in [1.54, 1.807) is 36.4 Å². The molecule has 2 N–H and O–H groups in total. The number of carbonyl (C=O) groups excluding carboxylic acids is 2. The smallest absolute Gasteiger partial charge is 0.338 e. The van der Waals surface area contributed by atoms with Crippen molar-refractivity contribution in [3.05, 3.63) is 63.0 Å². The summed E-state index contributed by atoms with van der Waals surface area (Å²) >= 11 is 1.30. The van der Waals surface area contributed by atoms with Crippen molar-refractivity contribution in [3.63, 3.8) is 0 Å². The number of aliphatic imine (C=N–C) groups is 1. The highest BCUT2D eigenvalue weighted by Crippen LogP contribution is 2.43. The molecule has 3 atom stereocenters. The molecule has 1 amide bonds. The van der Waals surface area contributed by atoms with Crippen LogP contribution in [0.2, 0.25) is 0 Å². The van der Waals surface area contributed by atoms with Gasteiger partial charge in [0, 0.05) is 49.5 Å². The molecule has 1 aromatic heterocycles. The number of thiazole rings is 1. The van der Waals surface area contributed by atoms with Gasteiger partial charge in [0.2, 0.25) is 5.91 Å². The fourth-order valence-electron chi connectivity index (χ4n) is 6.68.